The van der Waals surface area contributed by atoms with Gasteiger partial charge in [-0.25, -0.2) is 9.36 Å². The Morgan fingerprint density at radius 2 is 1.16 bits per heavy atom. The molecule has 0 saturated heterocycles. The van der Waals surface area contributed by atoms with Crippen molar-refractivity contribution in [1.82, 2.24) is 0 Å². The van der Waals surface area contributed by atoms with Crippen molar-refractivity contribution in [3.05, 3.63) is 36.5 Å². The van der Waals surface area contributed by atoms with Crippen molar-refractivity contribution in [2.75, 3.05) is 26.4 Å². The number of phosphoric ester groups is 1. The lowest BCUT2D eigenvalue weighted by atomic mass is 10.1. The van der Waals surface area contributed by atoms with Crippen LogP contribution in [0, 0.1) is 0 Å². The zero-order valence-electron chi connectivity index (χ0n) is 30.7. The van der Waals surface area contributed by atoms with Crippen LogP contribution in [-0.4, -0.2) is 65.7 Å². The van der Waals surface area contributed by atoms with Crippen molar-refractivity contribution in [3.8, 4) is 0 Å². The number of hydrogen-bond donors (Lipinski definition) is 3. The Morgan fingerprint density at radius 3 is 1.76 bits per heavy atom. The topological polar surface area (TPSA) is 149 Å². The van der Waals surface area contributed by atoms with E-state index in [0.29, 0.717) is 6.42 Å². The fourth-order valence-electron chi connectivity index (χ4n) is 4.89. The first kappa shape index (κ1) is 47.2. The molecule has 0 aromatic rings. The number of unbranched alkanes of at least 4 members (excludes halogenated alkanes) is 18. The zero-order valence-corrected chi connectivity index (χ0v) is 31.5. The summed E-state index contributed by atoms with van der Waals surface area (Å²) in [5.41, 5.74) is 0. The third-order valence-corrected chi connectivity index (χ3v) is 8.82. The molecule has 11 heteroatoms. The van der Waals surface area contributed by atoms with Gasteiger partial charge in [0.1, 0.15) is 12.7 Å². The minimum atomic E-state index is -4.63. The fourth-order valence-corrected chi connectivity index (χ4v) is 5.68. The van der Waals surface area contributed by atoms with Crippen molar-refractivity contribution in [2.45, 2.75) is 167 Å². The van der Waals surface area contributed by atoms with Crippen LogP contribution in [0.15, 0.2) is 36.5 Å². The number of carbonyl (C=O) groups is 2. The number of rotatable bonds is 35. The molecule has 49 heavy (non-hydrogen) atoms. The van der Waals surface area contributed by atoms with Crippen LogP contribution in [-0.2, 0) is 32.7 Å². The van der Waals surface area contributed by atoms with Crippen LogP contribution in [0.1, 0.15) is 155 Å². The summed E-state index contributed by atoms with van der Waals surface area (Å²) in [6, 6.07) is 0. The fraction of sp³-hybridized carbons (Fsp3) is 0.789. The van der Waals surface area contributed by atoms with Crippen molar-refractivity contribution in [2.24, 2.45) is 0 Å². The number of hydrogen-bond acceptors (Lipinski definition) is 9. The number of ether oxygens (including phenoxy) is 2. The van der Waals surface area contributed by atoms with Crippen LogP contribution >= 0.6 is 7.82 Å². The molecule has 0 saturated carbocycles. The first-order valence-corrected chi connectivity index (χ1v) is 20.5. The van der Waals surface area contributed by atoms with E-state index in [-0.39, 0.29) is 13.0 Å². The molecule has 0 rings (SSSR count). The van der Waals surface area contributed by atoms with Gasteiger partial charge in [0.15, 0.2) is 6.10 Å². The number of aliphatic hydroxyl groups is 2. The molecule has 0 bridgehead atoms. The van der Waals surface area contributed by atoms with Crippen molar-refractivity contribution in [3.63, 3.8) is 0 Å². The van der Waals surface area contributed by atoms with Crippen LogP contribution in [0.3, 0.4) is 0 Å². The summed E-state index contributed by atoms with van der Waals surface area (Å²) in [7, 11) is -4.63. The summed E-state index contributed by atoms with van der Waals surface area (Å²) in [6.45, 7) is 2.18. The molecule has 0 fully saturated rings. The third kappa shape index (κ3) is 34.4. The number of aliphatic hydroxyl groups excluding tert-OH is 2. The summed E-state index contributed by atoms with van der Waals surface area (Å²) >= 11 is 0. The molecule has 0 amide bonds. The van der Waals surface area contributed by atoms with Crippen LogP contribution in [0.4, 0.5) is 0 Å². The molecule has 286 valence electrons. The van der Waals surface area contributed by atoms with Crippen LogP contribution in [0.2, 0.25) is 0 Å². The molecule has 0 aliphatic carbocycles. The molecule has 0 aliphatic rings. The average molecular weight is 717 g/mol. The lowest BCUT2D eigenvalue weighted by Gasteiger charge is -2.20. The van der Waals surface area contributed by atoms with Gasteiger partial charge >= 0.3 is 19.8 Å². The maximum absolute atomic E-state index is 12.5. The van der Waals surface area contributed by atoms with Gasteiger partial charge in [0.05, 0.1) is 19.8 Å². The Labute approximate surface area is 297 Å². The van der Waals surface area contributed by atoms with Gasteiger partial charge in [-0.2, -0.15) is 0 Å². The molecule has 10 nitrogen and oxygen atoms in total. The van der Waals surface area contributed by atoms with Gasteiger partial charge in [-0.15, -0.1) is 0 Å². The number of esters is 2. The van der Waals surface area contributed by atoms with E-state index in [1.807, 2.05) is 6.08 Å². The summed E-state index contributed by atoms with van der Waals surface area (Å²) in [5.74, 6) is -1.19. The number of carbonyl (C=O) groups excluding carboxylic acids is 2. The van der Waals surface area contributed by atoms with E-state index in [1.54, 1.807) is 12.2 Å². The highest BCUT2D eigenvalue weighted by molar-refractivity contribution is 7.47. The highest BCUT2D eigenvalue weighted by Crippen LogP contribution is 2.43. The van der Waals surface area contributed by atoms with Gasteiger partial charge in [-0.1, -0.05) is 141 Å². The van der Waals surface area contributed by atoms with E-state index in [1.165, 1.54) is 83.1 Å². The highest BCUT2D eigenvalue weighted by atomic mass is 31.2. The summed E-state index contributed by atoms with van der Waals surface area (Å²) in [5, 5.41) is 18.2. The van der Waals surface area contributed by atoms with Gasteiger partial charge in [-0.3, -0.25) is 13.8 Å². The molecule has 0 aliphatic heterocycles. The molecule has 0 spiro atoms. The Morgan fingerprint density at radius 1 is 0.653 bits per heavy atom. The maximum Gasteiger partial charge on any atom is 0.472 e. The number of phosphoric acid groups is 1. The predicted octanol–water partition coefficient (Wildman–Crippen LogP) is 9.22. The third-order valence-electron chi connectivity index (χ3n) is 7.87. The van der Waals surface area contributed by atoms with E-state index < -0.39 is 51.8 Å². The van der Waals surface area contributed by atoms with Crippen LogP contribution in [0.5, 0.6) is 0 Å². The van der Waals surface area contributed by atoms with Crippen molar-refractivity contribution >= 4 is 19.8 Å². The molecule has 3 N–H and O–H groups in total. The van der Waals surface area contributed by atoms with Gasteiger partial charge in [0.2, 0.25) is 0 Å². The van der Waals surface area contributed by atoms with E-state index in [4.69, 9.17) is 19.1 Å². The quantitative estimate of drug-likeness (QED) is 0.0145. The zero-order chi connectivity index (χ0) is 36.3. The van der Waals surface area contributed by atoms with Crippen LogP contribution < -0.4 is 0 Å². The molecular formula is C38H69O10P. The Balaban J connectivity index is 4.48. The molecule has 0 radical (unpaired) electrons. The average Bonchev–Trinajstić information content (AvgIpc) is 3.09. The molecule has 1 unspecified atom stereocenters. The second kappa shape index (κ2) is 34.6. The second-order valence-corrected chi connectivity index (χ2v) is 14.1. The standard InChI is InChI=1S/C38H69O10P/c1-3-5-7-9-11-13-15-16-17-18-20-21-23-25-27-29-37(41)45-33-36(34-47-49(43,44)46-32-35(40)31-39)48-38(42)30-28-26-24-22-19-14-12-10-8-6-4-2/h10,12,23,25,27,29,35-36,39-40H,3-9,11,13-22,24,26,28,30-34H2,1-2H3,(H,43,44)/b12-10+,25-23+,29-27+/t35-,36+/m0/s1. The largest absolute Gasteiger partial charge is 0.472 e. The van der Waals surface area contributed by atoms with E-state index >= 15 is 0 Å². The van der Waals surface area contributed by atoms with Gasteiger partial charge < -0.3 is 24.6 Å². The highest BCUT2D eigenvalue weighted by Gasteiger charge is 2.27. The van der Waals surface area contributed by atoms with E-state index in [9.17, 15) is 24.2 Å². The normalized spacial score (nSPS) is 14.5. The minimum absolute atomic E-state index is 0.154. The molecule has 0 heterocycles. The first-order chi connectivity index (χ1) is 23.7. The monoisotopic (exact) mass is 716 g/mol. The lowest BCUT2D eigenvalue weighted by Crippen LogP contribution is -2.29. The van der Waals surface area contributed by atoms with Crippen molar-refractivity contribution < 1.29 is 47.8 Å². The van der Waals surface area contributed by atoms with E-state index in [0.717, 1.165) is 51.4 Å². The summed E-state index contributed by atoms with van der Waals surface area (Å²) < 4.78 is 32.3. The predicted molar refractivity (Wildman–Crippen MR) is 196 cm³/mol. The van der Waals surface area contributed by atoms with Crippen LogP contribution in [0.25, 0.3) is 0 Å². The Bertz CT molecular complexity index is 920. The summed E-state index contributed by atoms with van der Waals surface area (Å²) in [6.07, 6.45) is 33.2. The molecule has 0 aromatic carbocycles. The van der Waals surface area contributed by atoms with Gasteiger partial charge in [0, 0.05) is 12.5 Å². The van der Waals surface area contributed by atoms with Crippen molar-refractivity contribution in [1.29, 1.82) is 0 Å². The lowest BCUT2D eigenvalue weighted by molar-refractivity contribution is -0.159. The SMILES string of the molecule is CCCC/C=C/CCCCCCCC(=O)O[C@H](COC(=O)/C=C/C=C/CCCCCCCCCCCCC)COP(=O)(O)OC[C@@H](O)CO. The van der Waals surface area contributed by atoms with E-state index in [2.05, 4.69) is 30.5 Å². The molecule has 0 aromatic heterocycles. The van der Waals surface area contributed by atoms with Gasteiger partial charge in [-0.05, 0) is 38.5 Å². The maximum atomic E-state index is 12.5. The molecule has 3 atom stereocenters. The Hall–Kier alpha value is -1.81. The molecular weight excluding hydrogens is 647 g/mol. The van der Waals surface area contributed by atoms with Gasteiger partial charge in [0.25, 0.3) is 0 Å². The summed E-state index contributed by atoms with van der Waals surface area (Å²) in [4.78, 5) is 34.6. The number of allylic oxidation sites excluding steroid dienone is 5. The Kier molecular flexibility index (Phi) is 33.4. The second-order valence-electron chi connectivity index (χ2n) is 12.7. The smallest absolute Gasteiger partial charge is 0.458 e. The minimum Gasteiger partial charge on any atom is -0.458 e. The first-order valence-electron chi connectivity index (χ1n) is 19.0.